The third kappa shape index (κ3) is 3.22. The molecule has 76 valence electrons. The van der Waals surface area contributed by atoms with Crippen LogP contribution in [0.25, 0.3) is 0 Å². The molecule has 0 bridgehead atoms. The van der Waals surface area contributed by atoms with Gasteiger partial charge < -0.3 is 4.90 Å². The zero-order chi connectivity index (χ0) is 9.84. The van der Waals surface area contributed by atoms with Crippen molar-refractivity contribution >= 4 is 18.5 Å². The van der Waals surface area contributed by atoms with E-state index in [4.69, 9.17) is 0 Å². The van der Waals surface area contributed by atoms with Gasteiger partial charge in [-0.15, -0.1) is 0 Å². The minimum absolute atomic E-state index is 0.148. The summed E-state index contributed by atoms with van der Waals surface area (Å²) in [5, 5.41) is -0.161. The topological polar surface area (TPSA) is 20.3 Å². The predicted molar refractivity (Wildman–Crippen MR) is 58.0 cm³/mol. The van der Waals surface area contributed by atoms with Crippen LogP contribution in [0.3, 0.4) is 0 Å². The quantitative estimate of drug-likeness (QED) is 0.692. The van der Waals surface area contributed by atoms with Gasteiger partial charge in [0.25, 0.3) is 0 Å². The summed E-state index contributed by atoms with van der Waals surface area (Å²) in [5.74, 6) is 0.885. The van der Waals surface area contributed by atoms with Gasteiger partial charge in [-0.1, -0.05) is 12.8 Å². The number of carbonyl (C=O) groups is 1. The Labute approximate surface area is 86.1 Å². The molecule has 1 rings (SSSR count). The SMILES string of the molecule is CC(S)C(=O)N(C)CC1CCCC1. The maximum Gasteiger partial charge on any atom is 0.234 e. The highest BCUT2D eigenvalue weighted by Gasteiger charge is 2.20. The van der Waals surface area contributed by atoms with Crippen molar-refractivity contribution in [1.29, 1.82) is 0 Å². The second kappa shape index (κ2) is 4.89. The summed E-state index contributed by atoms with van der Waals surface area (Å²) in [6.45, 7) is 2.75. The number of carbonyl (C=O) groups excluding carboxylic acids is 1. The molecule has 13 heavy (non-hydrogen) atoms. The maximum absolute atomic E-state index is 11.5. The Morgan fingerprint density at radius 2 is 2.08 bits per heavy atom. The molecule has 0 aromatic heterocycles. The first-order chi connectivity index (χ1) is 6.11. The molecule has 1 fully saturated rings. The molecule has 1 aliphatic rings. The predicted octanol–water partition coefficient (Wildman–Crippen LogP) is 1.95. The molecule has 0 saturated heterocycles. The molecule has 1 atom stereocenters. The molecule has 0 heterocycles. The summed E-state index contributed by atoms with van der Waals surface area (Å²) in [4.78, 5) is 13.3. The lowest BCUT2D eigenvalue weighted by Gasteiger charge is -2.22. The van der Waals surface area contributed by atoms with Crippen LogP contribution in [0.5, 0.6) is 0 Å². The lowest BCUT2D eigenvalue weighted by Crippen LogP contribution is -2.35. The highest BCUT2D eigenvalue weighted by Crippen LogP contribution is 2.25. The van der Waals surface area contributed by atoms with E-state index in [9.17, 15) is 4.79 Å². The first-order valence-electron chi connectivity index (χ1n) is 5.04. The Morgan fingerprint density at radius 3 is 2.54 bits per heavy atom. The maximum atomic E-state index is 11.5. The Hall–Kier alpha value is -0.180. The molecule has 0 radical (unpaired) electrons. The van der Waals surface area contributed by atoms with E-state index in [0.29, 0.717) is 0 Å². The molecular formula is C10H19NOS. The minimum Gasteiger partial charge on any atom is -0.345 e. The van der Waals surface area contributed by atoms with Crippen LogP contribution in [0.2, 0.25) is 0 Å². The van der Waals surface area contributed by atoms with E-state index < -0.39 is 0 Å². The molecule has 1 saturated carbocycles. The zero-order valence-corrected chi connectivity index (χ0v) is 9.39. The summed E-state index contributed by atoms with van der Waals surface area (Å²) in [5.41, 5.74) is 0. The van der Waals surface area contributed by atoms with Crippen LogP contribution < -0.4 is 0 Å². The molecule has 1 unspecified atom stereocenters. The Kier molecular flexibility index (Phi) is 4.10. The van der Waals surface area contributed by atoms with Gasteiger partial charge in [0, 0.05) is 13.6 Å². The molecule has 0 N–H and O–H groups in total. The minimum atomic E-state index is -0.161. The fraction of sp³-hybridized carbons (Fsp3) is 0.900. The molecule has 0 aromatic carbocycles. The van der Waals surface area contributed by atoms with Crippen molar-refractivity contribution in [1.82, 2.24) is 4.90 Å². The number of hydrogen-bond acceptors (Lipinski definition) is 2. The smallest absolute Gasteiger partial charge is 0.234 e. The largest absolute Gasteiger partial charge is 0.345 e. The molecule has 3 heteroatoms. The highest BCUT2D eigenvalue weighted by atomic mass is 32.1. The van der Waals surface area contributed by atoms with Crippen LogP contribution in [0.1, 0.15) is 32.6 Å². The van der Waals surface area contributed by atoms with Gasteiger partial charge in [-0.05, 0) is 25.7 Å². The first kappa shape index (κ1) is 10.9. The first-order valence-corrected chi connectivity index (χ1v) is 5.56. The fourth-order valence-corrected chi connectivity index (χ4v) is 2.19. The van der Waals surface area contributed by atoms with Crippen LogP contribution in [0, 0.1) is 5.92 Å². The molecule has 0 spiro atoms. The van der Waals surface area contributed by atoms with Crippen molar-refractivity contribution in [3.8, 4) is 0 Å². The second-order valence-electron chi connectivity index (χ2n) is 4.05. The summed E-state index contributed by atoms with van der Waals surface area (Å²) < 4.78 is 0. The average molecular weight is 201 g/mol. The molecule has 2 nitrogen and oxygen atoms in total. The summed E-state index contributed by atoms with van der Waals surface area (Å²) in [7, 11) is 1.88. The second-order valence-corrected chi connectivity index (χ2v) is 4.82. The number of nitrogens with zero attached hydrogens (tertiary/aromatic N) is 1. The van der Waals surface area contributed by atoms with Crippen molar-refractivity contribution in [3.05, 3.63) is 0 Å². The Bertz CT molecular complexity index is 176. The van der Waals surface area contributed by atoms with Crippen LogP contribution in [0.4, 0.5) is 0 Å². The highest BCUT2D eigenvalue weighted by molar-refractivity contribution is 7.81. The van der Waals surface area contributed by atoms with Crippen LogP contribution >= 0.6 is 12.6 Å². The van der Waals surface area contributed by atoms with Crippen LogP contribution in [-0.2, 0) is 4.79 Å². The Balaban J connectivity index is 2.31. The summed E-state index contributed by atoms with van der Waals surface area (Å²) >= 11 is 4.14. The molecular weight excluding hydrogens is 182 g/mol. The number of hydrogen-bond donors (Lipinski definition) is 1. The zero-order valence-electron chi connectivity index (χ0n) is 8.49. The van der Waals surface area contributed by atoms with E-state index >= 15 is 0 Å². The van der Waals surface area contributed by atoms with Gasteiger partial charge in [-0.25, -0.2) is 0 Å². The van der Waals surface area contributed by atoms with Gasteiger partial charge in [-0.3, -0.25) is 4.79 Å². The fourth-order valence-electron chi connectivity index (χ4n) is 1.99. The van der Waals surface area contributed by atoms with E-state index in [0.717, 1.165) is 12.5 Å². The average Bonchev–Trinajstić information content (AvgIpc) is 2.55. The van der Waals surface area contributed by atoms with Gasteiger partial charge in [0.1, 0.15) is 0 Å². The van der Waals surface area contributed by atoms with E-state index in [1.807, 2.05) is 18.9 Å². The van der Waals surface area contributed by atoms with Crippen molar-refractivity contribution in [3.63, 3.8) is 0 Å². The van der Waals surface area contributed by atoms with Crippen LogP contribution in [-0.4, -0.2) is 29.6 Å². The molecule has 1 aliphatic carbocycles. The summed E-state index contributed by atoms with van der Waals surface area (Å²) in [6.07, 6.45) is 5.25. The van der Waals surface area contributed by atoms with E-state index in [1.165, 1.54) is 25.7 Å². The van der Waals surface area contributed by atoms with Gasteiger partial charge in [0.05, 0.1) is 5.25 Å². The van der Waals surface area contributed by atoms with Gasteiger partial charge in [-0.2, -0.15) is 12.6 Å². The number of thiol groups is 1. The van der Waals surface area contributed by atoms with Gasteiger partial charge >= 0.3 is 0 Å². The van der Waals surface area contributed by atoms with Crippen molar-refractivity contribution < 1.29 is 4.79 Å². The monoisotopic (exact) mass is 201 g/mol. The van der Waals surface area contributed by atoms with Gasteiger partial charge in [0.15, 0.2) is 0 Å². The molecule has 0 aromatic rings. The molecule has 1 amide bonds. The number of amides is 1. The van der Waals surface area contributed by atoms with E-state index in [-0.39, 0.29) is 11.2 Å². The van der Waals surface area contributed by atoms with Crippen LogP contribution in [0.15, 0.2) is 0 Å². The standard InChI is InChI=1S/C10H19NOS/c1-8(13)10(12)11(2)7-9-5-3-4-6-9/h8-9,13H,3-7H2,1-2H3. The lowest BCUT2D eigenvalue weighted by atomic mass is 10.1. The van der Waals surface area contributed by atoms with Gasteiger partial charge in [0.2, 0.25) is 5.91 Å². The Morgan fingerprint density at radius 1 is 1.54 bits per heavy atom. The van der Waals surface area contributed by atoms with E-state index in [1.54, 1.807) is 0 Å². The van der Waals surface area contributed by atoms with Crippen molar-refractivity contribution in [2.75, 3.05) is 13.6 Å². The third-order valence-corrected chi connectivity index (χ3v) is 2.96. The van der Waals surface area contributed by atoms with Crippen molar-refractivity contribution in [2.45, 2.75) is 37.9 Å². The normalized spacial score (nSPS) is 20.2. The van der Waals surface area contributed by atoms with Crippen molar-refractivity contribution in [2.24, 2.45) is 5.92 Å². The molecule has 0 aliphatic heterocycles. The lowest BCUT2D eigenvalue weighted by molar-refractivity contribution is -0.129. The third-order valence-electron chi connectivity index (χ3n) is 2.74. The number of rotatable bonds is 3. The van der Waals surface area contributed by atoms with E-state index in [2.05, 4.69) is 12.6 Å². The summed E-state index contributed by atoms with van der Waals surface area (Å²) in [6, 6.07) is 0.